The van der Waals surface area contributed by atoms with Crippen LogP contribution < -0.4 is 4.74 Å². The van der Waals surface area contributed by atoms with Crippen LogP contribution in [0.5, 0.6) is 5.75 Å². The molecule has 6 heteroatoms. The SMILES string of the molecule is COc1ccccc1/C=C/c1nn2c(-c3ccccc3)nnc2s1. The molecule has 0 aliphatic rings. The first kappa shape index (κ1) is 14.6. The zero-order valence-electron chi connectivity index (χ0n) is 13.0. The van der Waals surface area contributed by atoms with E-state index in [1.54, 1.807) is 11.6 Å². The topological polar surface area (TPSA) is 52.3 Å². The first-order valence-corrected chi connectivity index (χ1v) is 8.25. The molecule has 0 saturated carbocycles. The molecule has 4 rings (SSSR count). The number of ether oxygens (including phenoxy) is 1. The molecule has 0 atom stereocenters. The summed E-state index contributed by atoms with van der Waals surface area (Å²) in [5.41, 5.74) is 2.00. The van der Waals surface area contributed by atoms with E-state index in [0.29, 0.717) is 0 Å². The molecule has 0 aliphatic heterocycles. The zero-order chi connectivity index (χ0) is 16.4. The first-order chi connectivity index (χ1) is 11.8. The summed E-state index contributed by atoms with van der Waals surface area (Å²) in [4.78, 5) is 0.772. The minimum absolute atomic E-state index is 0.749. The molecular formula is C18H14N4OS. The van der Waals surface area contributed by atoms with Crippen LogP contribution in [0.3, 0.4) is 0 Å². The van der Waals surface area contributed by atoms with Gasteiger partial charge < -0.3 is 4.74 Å². The highest BCUT2D eigenvalue weighted by Gasteiger charge is 2.11. The van der Waals surface area contributed by atoms with Gasteiger partial charge in [-0.3, -0.25) is 0 Å². The Hall–Kier alpha value is -2.99. The van der Waals surface area contributed by atoms with E-state index in [9.17, 15) is 0 Å². The number of hydrogen-bond donors (Lipinski definition) is 0. The van der Waals surface area contributed by atoms with Gasteiger partial charge in [-0.2, -0.15) is 9.61 Å². The summed E-state index contributed by atoms with van der Waals surface area (Å²) < 4.78 is 7.14. The predicted octanol–water partition coefficient (Wildman–Crippen LogP) is 4.03. The van der Waals surface area contributed by atoms with Crippen molar-refractivity contribution in [1.82, 2.24) is 19.8 Å². The summed E-state index contributed by atoms with van der Waals surface area (Å²) in [6, 6.07) is 17.8. The van der Waals surface area contributed by atoms with Crippen molar-refractivity contribution in [3.63, 3.8) is 0 Å². The summed E-state index contributed by atoms with van der Waals surface area (Å²) in [5, 5.41) is 13.9. The van der Waals surface area contributed by atoms with Crippen molar-refractivity contribution in [3.8, 4) is 17.1 Å². The standard InChI is InChI=1S/C18H14N4OS/c1-23-15-10-6-5-7-13(15)11-12-16-21-22-17(19-20-18(22)24-16)14-8-3-2-4-9-14/h2-12H,1H3/b12-11+. The van der Waals surface area contributed by atoms with E-state index in [2.05, 4.69) is 15.3 Å². The van der Waals surface area contributed by atoms with Crippen molar-refractivity contribution >= 4 is 28.4 Å². The van der Waals surface area contributed by atoms with Gasteiger partial charge in [0.05, 0.1) is 7.11 Å². The minimum Gasteiger partial charge on any atom is -0.496 e. The molecule has 2 heterocycles. The van der Waals surface area contributed by atoms with Crippen LogP contribution in [0.1, 0.15) is 10.6 Å². The lowest BCUT2D eigenvalue weighted by Crippen LogP contribution is -1.90. The molecule has 0 bridgehead atoms. The summed E-state index contributed by atoms with van der Waals surface area (Å²) in [6.07, 6.45) is 3.96. The summed E-state index contributed by atoms with van der Waals surface area (Å²) in [6.45, 7) is 0. The molecule has 0 aliphatic carbocycles. The highest BCUT2D eigenvalue weighted by molar-refractivity contribution is 7.17. The fourth-order valence-electron chi connectivity index (χ4n) is 2.43. The number of benzene rings is 2. The quantitative estimate of drug-likeness (QED) is 0.565. The molecule has 0 amide bonds. The molecular weight excluding hydrogens is 320 g/mol. The Kier molecular flexibility index (Phi) is 3.80. The lowest BCUT2D eigenvalue weighted by atomic mass is 10.2. The van der Waals surface area contributed by atoms with Crippen LogP contribution in [0, 0.1) is 0 Å². The summed E-state index contributed by atoms with van der Waals surface area (Å²) >= 11 is 1.50. The Morgan fingerprint density at radius 3 is 2.58 bits per heavy atom. The molecule has 0 fully saturated rings. The van der Waals surface area contributed by atoms with E-state index in [1.807, 2.05) is 66.7 Å². The van der Waals surface area contributed by atoms with Crippen molar-refractivity contribution < 1.29 is 4.74 Å². The number of fused-ring (bicyclic) bond motifs is 1. The number of hydrogen-bond acceptors (Lipinski definition) is 5. The number of methoxy groups -OCH3 is 1. The molecule has 0 N–H and O–H groups in total. The third-order valence-electron chi connectivity index (χ3n) is 3.58. The van der Waals surface area contributed by atoms with Crippen LogP contribution in [0.2, 0.25) is 0 Å². The van der Waals surface area contributed by atoms with Gasteiger partial charge in [0.25, 0.3) is 0 Å². The fourth-order valence-corrected chi connectivity index (χ4v) is 3.17. The van der Waals surface area contributed by atoms with Gasteiger partial charge in [-0.25, -0.2) is 0 Å². The van der Waals surface area contributed by atoms with Gasteiger partial charge in [0.2, 0.25) is 4.96 Å². The predicted molar refractivity (Wildman–Crippen MR) is 96.0 cm³/mol. The molecule has 0 spiro atoms. The van der Waals surface area contributed by atoms with E-state index in [4.69, 9.17) is 4.74 Å². The Morgan fingerprint density at radius 2 is 1.75 bits per heavy atom. The second-order valence-corrected chi connectivity index (χ2v) is 6.09. The van der Waals surface area contributed by atoms with Crippen LogP contribution >= 0.6 is 11.3 Å². The van der Waals surface area contributed by atoms with Crippen molar-refractivity contribution in [2.24, 2.45) is 0 Å². The van der Waals surface area contributed by atoms with Gasteiger partial charge in [-0.1, -0.05) is 59.9 Å². The van der Waals surface area contributed by atoms with E-state index in [1.165, 1.54) is 11.3 Å². The zero-order valence-corrected chi connectivity index (χ0v) is 13.8. The number of para-hydroxylation sites is 1. The lowest BCUT2D eigenvalue weighted by Gasteiger charge is -2.02. The molecule has 0 unspecified atom stereocenters. The molecule has 118 valence electrons. The highest BCUT2D eigenvalue weighted by Crippen LogP contribution is 2.24. The summed E-state index contributed by atoms with van der Waals surface area (Å²) in [5.74, 6) is 1.58. The van der Waals surface area contributed by atoms with Gasteiger partial charge in [-0.15, -0.1) is 10.2 Å². The van der Waals surface area contributed by atoms with Crippen molar-refractivity contribution in [2.45, 2.75) is 0 Å². The van der Waals surface area contributed by atoms with Gasteiger partial charge in [0.1, 0.15) is 10.8 Å². The van der Waals surface area contributed by atoms with Crippen molar-refractivity contribution in [1.29, 1.82) is 0 Å². The maximum atomic E-state index is 5.36. The number of nitrogens with zero attached hydrogens (tertiary/aromatic N) is 4. The maximum Gasteiger partial charge on any atom is 0.235 e. The first-order valence-electron chi connectivity index (χ1n) is 7.44. The van der Waals surface area contributed by atoms with Crippen molar-refractivity contribution in [2.75, 3.05) is 7.11 Å². The van der Waals surface area contributed by atoms with Crippen molar-refractivity contribution in [3.05, 3.63) is 65.2 Å². The number of aromatic nitrogens is 4. The van der Waals surface area contributed by atoms with Crippen LogP contribution in [0.25, 0.3) is 28.5 Å². The average Bonchev–Trinajstić information content (AvgIpc) is 3.21. The van der Waals surface area contributed by atoms with Gasteiger partial charge in [-0.05, 0) is 18.2 Å². The fraction of sp³-hybridized carbons (Fsp3) is 0.0556. The molecule has 0 saturated heterocycles. The minimum atomic E-state index is 0.749. The smallest absolute Gasteiger partial charge is 0.235 e. The van der Waals surface area contributed by atoms with E-state index >= 15 is 0 Å². The molecule has 4 aromatic rings. The van der Waals surface area contributed by atoms with Crippen LogP contribution in [0.15, 0.2) is 54.6 Å². The maximum absolute atomic E-state index is 5.36. The lowest BCUT2D eigenvalue weighted by molar-refractivity contribution is 0.414. The second kappa shape index (κ2) is 6.25. The average molecular weight is 334 g/mol. The second-order valence-electron chi connectivity index (χ2n) is 5.10. The third-order valence-corrected chi connectivity index (χ3v) is 4.45. The Morgan fingerprint density at radius 1 is 0.958 bits per heavy atom. The summed E-state index contributed by atoms with van der Waals surface area (Å²) in [7, 11) is 1.67. The molecule has 24 heavy (non-hydrogen) atoms. The Labute approximate surface area is 142 Å². The highest BCUT2D eigenvalue weighted by atomic mass is 32.1. The normalized spacial score (nSPS) is 11.4. The third kappa shape index (κ3) is 2.68. The van der Waals surface area contributed by atoms with Gasteiger partial charge >= 0.3 is 0 Å². The van der Waals surface area contributed by atoms with E-state index < -0.39 is 0 Å². The molecule has 5 nitrogen and oxygen atoms in total. The van der Waals surface area contributed by atoms with E-state index in [-0.39, 0.29) is 0 Å². The molecule has 0 radical (unpaired) electrons. The van der Waals surface area contributed by atoms with Gasteiger partial charge in [0, 0.05) is 11.1 Å². The Bertz CT molecular complexity index is 1000. The largest absolute Gasteiger partial charge is 0.496 e. The van der Waals surface area contributed by atoms with Crippen LogP contribution in [-0.2, 0) is 0 Å². The number of rotatable bonds is 4. The molecule has 2 aromatic heterocycles. The van der Waals surface area contributed by atoms with E-state index in [0.717, 1.165) is 32.7 Å². The van der Waals surface area contributed by atoms with Crippen LogP contribution in [0.4, 0.5) is 0 Å². The Balaban J connectivity index is 1.69. The van der Waals surface area contributed by atoms with Gasteiger partial charge in [0.15, 0.2) is 5.82 Å². The molecule has 2 aromatic carbocycles. The van der Waals surface area contributed by atoms with Crippen LogP contribution in [-0.4, -0.2) is 26.9 Å². The monoisotopic (exact) mass is 334 g/mol.